The Kier molecular flexibility index (Phi) is 7.80. The first-order valence-corrected chi connectivity index (χ1v) is 9.03. The Morgan fingerprint density at radius 3 is 2.32 bits per heavy atom. The molecule has 2 aromatic carbocycles. The Bertz CT molecular complexity index is 560. The van der Waals surface area contributed by atoms with Crippen molar-refractivity contribution in [1.29, 1.82) is 0 Å². The van der Waals surface area contributed by atoms with Crippen molar-refractivity contribution >= 4 is 10.8 Å². The van der Waals surface area contributed by atoms with Crippen LogP contribution in [0.3, 0.4) is 0 Å². The van der Waals surface area contributed by atoms with Crippen LogP contribution in [0.25, 0.3) is 10.8 Å². The van der Waals surface area contributed by atoms with Gasteiger partial charge in [-0.2, -0.15) is 0 Å². The van der Waals surface area contributed by atoms with Gasteiger partial charge in [-0.25, -0.2) is 0 Å². The summed E-state index contributed by atoms with van der Waals surface area (Å²) in [5.74, 6) is 0. The Morgan fingerprint density at radius 2 is 1.45 bits per heavy atom. The minimum Gasteiger partial charge on any atom is -0.0885 e. The molecule has 0 saturated carbocycles. The summed E-state index contributed by atoms with van der Waals surface area (Å²) in [4.78, 5) is 0. The van der Waals surface area contributed by atoms with Gasteiger partial charge in [0.25, 0.3) is 0 Å². The number of hydrogen-bond donors (Lipinski definition) is 0. The summed E-state index contributed by atoms with van der Waals surface area (Å²) < 4.78 is 0. The zero-order valence-electron chi connectivity index (χ0n) is 14.1. The third kappa shape index (κ3) is 5.67. The Balaban J connectivity index is 1.63. The maximum absolute atomic E-state index is 2.38. The summed E-state index contributed by atoms with van der Waals surface area (Å²) in [6, 6.07) is 15.4. The van der Waals surface area contributed by atoms with Crippen molar-refractivity contribution in [1.82, 2.24) is 0 Å². The molecule has 2 aromatic rings. The fraction of sp³-hybridized carbons (Fsp3) is 0.455. The van der Waals surface area contributed by atoms with E-state index in [2.05, 4.69) is 61.5 Å². The lowest BCUT2D eigenvalue weighted by Gasteiger charge is -2.06. The van der Waals surface area contributed by atoms with E-state index in [1.54, 1.807) is 0 Å². The molecular weight excluding hydrogens is 264 g/mol. The van der Waals surface area contributed by atoms with Crippen LogP contribution in [-0.4, -0.2) is 0 Å². The number of aryl methyl sites for hydroxylation is 1. The van der Waals surface area contributed by atoms with E-state index in [0.29, 0.717) is 0 Å². The second kappa shape index (κ2) is 10.2. The van der Waals surface area contributed by atoms with Crippen molar-refractivity contribution in [3.63, 3.8) is 0 Å². The average molecular weight is 294 g/mol. The highest BCUT2D eigenvalue weighted by atomic mass is 14.0. The molecule has 0 aliphatic rings. The van der Waals surface area contributed by atoms with E-state index in [4.69, 9.17) is 0 Å². The Hall–Kier alpha value is -1.56. The minimum absolute atomic E-state index is 1.22. The summed E-state index contributed by atoms with van der Waals surface area (Å²) in [6.07, 6.45) is 16.5. The lowest BCUT2D eigenvalue weighted by molar-refractivity contribution is 0.646. The molecule has 0 bridgehead atoms. The second-order valence-electron chi connectivity index (χ2n) is 6.20. The van der Waals surface area contributed by atoms with Crippen LogP contribution in [0.4, 0.5) is 0 Å². The number of rotatable bonds is 10. The van der Waals surface area contributed by atoms with Gasteiger partial charge in [0.05, 0.1) is 0 Å². The molecule has 0 amide bonds. The van der Waals surface area contributed by atoms with E-state index < -0.39 is 0 Å². The van der Waals surface area contributed by atoms with E-state index in [1.807, 2.05) is 0 Å². The molecule has 0 N–H and O–H groups in total. The molecule has 0 aromatic heterocycles. The number of unbranched alkanes of at least 4 members (excludes halogenated alkanes) is 6. The van der Waals surface area contributed by atoms with Crippen molar-refractivity contribution < 1.29 is 0 Å². The van der Waals surface area contributed by atoms with Gasteiger partial charge in [0.2, 0.25) is 0 Å². The molecule has 2 rings (SSSR count). The number of allylic oxidation sites excluding steroid dienone is 2. The van der Waals surface area contributed by atoms with E-state index in [0.717, 1.165) is 0 Å². The van der Waals surface area contributed by atoms with Crippen molar-refractivity contribution in [2.24, 2.45) is 0 Å². The Morgan fingerprint density at radius 1 is 0.727 bits per heavy atom. The van der Waals surface area contributed by atoms with Gasteiger partial charge >= 0.3 is 0 Å². The van der Waals surface area contributed by atoms with Gasteiger partial charge < -0.3 is 0 Å². The predicted octanol–water partition coefficient (Wildman–Crippen LogP) is 7.08. The molecule has 22 heavy (non-hydrogen) atoms. The zero-order valence-corrected chi connectivity index (χ0v) is 14.1. The van der Waals surface area contributed by atoms with Gasteiger partial charge in [0.1, 0.15) is 0 Å². The van der Waals surface area contributed by atoms with Crippen molar-refractivity contribution in [2.75, 3.05) is 0 Å². The van der Waals surface area contributed by atoms with Crippen LogP contribution in [0, 0.1) is 0 Å². The van der Waals surface area contributed by atoms with Gasteiger partial charge in [0.15, 0.2) is 0 Å². The molecule has 0 saturated heterocycles. The molecule has 0 fully saturated rings. The van der Waals surface area contributed by atoms with E-state index in [9.17, 15) is 0 Å². The molecule has 0 heterocycles. The third-order valence-electron chi connectivity index (χ3n) is 4.34. The first kappa shape index (κ1) is 16.8. The maximum atomic E-state index is 2.38. The highest BCUT2D eigenvalue weighted by Crippen LogP contribution is 2.20. The lowest BCUT2D eigenvalue weighted by atomic mass is 9.99. The topological polar surface area (TPSA) is 0 Å². The summed E-state index contributed by atoms with van der Waals surface area (Å²) in [7, 11) is 0. The van der Waals surface area contributed by atoms with E-state index in [-0.39, 0.29) is 0 Å². The summed E-state index contributed by atoms with van der Waals surface area (Å²) in [5, 5.41) is 2.81. The number of fused-ring (bicyclic) bond motifs is 1. The largest absolute Gasteiger partial charge is 0.0885 e. The molecule has 0 unspecified atom stereocenters. The first-order valence-electron chi connectivity index (χ1n) is 9.03. The predicted molar refractivity (Wildman–Crippen MR) is 99.4 cm³/mol. The van der Waals surface area contributed by atoms with Crippen LogP contribution in [0.2, 0.25) is 0 Å². The number of hydrogen-bond acceptors (Lipinski definition) is 0. The SMILES string of the molecule is CCCC/C=C/CCCCCCc1cccc2ccccc12. The van der Waals surface area contributed by atoms with Crippen LogP contribution in [-0.2, 0) is 6.42 Å². The molecule has 0 aliphatic heterocycles. The van der Waals surface area contributed by atoms with Gasteiger partial charge in [-0.3, -0.25) is 0 Å². The fourth-order valence-corrected chi connectivity index (χ4v) is 3.00. The van der Waals surface area contributed by atoms with Crippen LogP contribution >= 0.6 is 0 Å². The minimum atomic E-state index is 1.22. The summed E-state index contributed by atoms with van der Waals surface area (Å²) in [5.41, 5.74) is 1.51. The van der Waals surface area contributed by atoms with Gasteiger partial charge in [0, 0.05) is 0 Å². The highest BCUT2D eigenvalue weighted by molar-refractivity contribution is 5.85. The molecule has 118 valence electrons. The van der Waals surface area contributed by atoms with Crippen LogP contribution in [0.5, 0.6) is 0 Å². The van der Waals surface area contributed by atoms with Crippen molar-refractivity contribution in [3.8, 4) is 0 Å². The monoisotopic (exact) mass is 294 g/mol. The van der Waals surface area contributed by atoms with Crippen LogP contribution < -0.4 is 0 Å². The second-order valence-corrected chi connectivity index (χ2v) is 6.20. The smallest absolute Gasteiger partial charge is 0.0152 e. The summed E-state index contributed by atoms with van der Waals surface area (Å²) in [6.45, 7) is 2.25. The summed E-state index contributed by atoms with van der Waals surface area (Å²) >= 11 is 0. The molecule has 0 spiro atoms. The Labute approximate surface area is 136 Å². The maximum Gasteiger partial charge on any atom is -0.0152 e. The molecule has 0 nitrogen and oxygen atoms in total. The first-order chi connectivity index (χ1) is 10.9. The van der Waals surface area contributed by atoms with E-state index in [1.165, 1.54) is 74.1 Å². The molecule has 0 heteroatoms. The van der Waals surface area contributed by atoms with Gasteiger partial charge in [-0.15, -0.1) is 0 Å². The highest BCUT2D eigenvalue weighted by Gasteiger charge is 1.99. The van der Waals surface area contributed by atoms with Crippen LogP contribution in [0.1, 0.15) is 63.9 Å². The van der Waals surface area contributed by atoms with Gasteiger partial charge in [-0.05, 0) is 48.4 Å². The van der Waals surface area contributed by atoms with Crippen LogP contribution in [0.15, 0.2) is 54.6 Å². The average Bonchev–Trinajstić information content (AvgIpc) is 2.56. The zero-order chi connectivity index (χ0) is 15.5. The van der Waals surface area contributed by atoms with Gasteiger partial charge in [-0.1, -0.05) is 87.2 Å². The lowest BCUT2D eigenvalue weighted by Crippen LogP contribution is -1.88. The van der Waals surface area contributed by atoms with Crippen molar-refractivity contribution in [2.45, 2.75) is 64.7 Å². The molecule has 0 atom stereocenters. The normalized spacial score (nSPS) is 11.5. The van der Waals surface area contributed by atoms with Crippen molar-refractivity contribution in [3.05, 3.63) is 60.2 Å². The number of benzene rings is 2. The molecule has 0 aliphatic carbocycles. The molecule has 0 radical (unpaired) electrons. The molecular formula is C22H30. The standard InChI is InChI=1S/C22H30/c1-2-3-4-5-6-7-8-9-10-11-15-20-17-14-18-21-16-12-13-19-22(20)21/h5-6,12-14,16-19H,2-4,7-11,15H2,1H3/b6-5+. The third-order valence-corrected chi connectivity index (χ3v) is 4.34. The quantitative estimate of drug-likeness (QED) is 0.324. The van der Waals surface area contributed by atoms with E-state index >= 15 is 0 Å². The fourth-order valence-electron chi connectivity index (χ4n) is 3.00.